The van der Waals surface area contributed by atoms with Crippen LogP contribution in [-0.2, 0) is 9.59 Å². The molecule has 0 aliphatic carbocycles. The maximum absolute atomic E-state index is 13.0. The Kier molecular flexibility index (Phi) is 5.79. The van der Waals surface area contributed by atoms with E-state index in [-0.39, 0.29) is 5.69 Å². The second kappa shape index (κ2) is 7.52. The molecule has 1 heterocycles. The highest BCUT2D eigenvalue weighted by atomic mass is 32.2. The van der Waals surface area contributed by atoms with E-state index in [2.05, 4.69) is 0 Å². The summed E-state index contributed by atoms with van der Waals surface area (Å²) in [5.74, 6) is -5.97. The average Bonchev–Trinajstić information content (AvgIpc) is 3.00. The second-order valence-electron chi connectivity index (χ2n) is 5.85. The highest BCUT2D eigenvalue weighted by molar-refractivity contribution is 8.00. The van der Waals surface area contributed by atoms with Crippen molar-refractivity contribution >= 4 is 29.3 Å². The van der Waals surface area contributed by atoms with Gasteiger partial charge in [0.1, 0.15) is 0 Å². The highest BCUT2D eigenvalue weighted by Gasteiger charge is 2.53. The van der Waals surface area contributed by atoms with Gasteiger partial charge in [-0.05, 0) is 19.1 Å². The largest absolute Gasteiger partial charge is 0.481 e. The standard InChI is InChI=1S/C15H15F3N2O5S/c1-8(26-10-4-2-9(3-5-10)20(24)25)13(21)19-6-11(14(22)23)12(7-19)15(16,17)18/h2-5,8,11-12H,6-7H2,1H3,(H,22,23)/t8?,11-,12-/m1/s1. The van der Waals surface area contributed by atoms with Crippen molar-refractivity contribution < 1.29 is 32.8 Å². The van der Waals surface area contributed by atoms with Gasteiger partial charge in [0.05, 0.1) is 22.0 Å². The summed E-state index contributed by atoms with van der Waals surface area (Å²) in [7, 11) is 0. The first-order valence-electron chi connectivity index (χ1n) is 7.50. The van der Waals surface area contributed by atoms with E-state index in [0.717, 1.165) is 16.7 Å². The van der Waals surface area contributed by atoms with Gasteiger partial charge >= 0.3 is 12.1 Å². The fourth-order valence-corrected chi connectivity index (χ4v) is 3.68. The van der Waals surface area contributed by atoms with Crippen molar-refractivity contribution in [1.29, 1.82) is 0 Å². The Morgan fingerprint density at radius 3 is 2.31 bits per heavy atom. The maximum atomic E-state index is 13.0. The smallest absolute Gasteiger partial charge is 0.394 e. The molecule has 1 aliphatic rings. The molecule has 7 nitrogen and oxygen atoms in total. The molecule has 1 aromatic rings. The van der Waals surface area contributed by atoms with Crippen LogP contribution in [0.15, 0.2) is 29.2 Å². The first-order chi connectivity index (χ1) is 12.0. The number of thioether (sulfide) groups is 1. The number of hydrogen-bond acceptors (Lipinski definition) is 5. The van der Waals surface area contributed by atoms with Crippen LogP contribution >= 0.6 is 11.8 Å². The topological polar surface area (TPSA) is 101 Å². The normalized spacial score (nSPS) is 21.5. The van der Waals surface area contributed by atoms with Crippen molar-refractivity contribution in [2.24, 2.45) is 11.8 Å². The highest BCUT2D eigenvalue weighted by Crippen LogP contribution is 2.38. The Balaban J connectivity index is 2.06. The number of carbonyl (C=O) groups excluding carboxylic acids is 1. The third-order valence-corrected chi connectivity index (χ3v) is 5.18. The zero-order valence-electron chi connectivity index (χ0n) is 13.5. The number of non-ortho nitro benzene ring substituents is 1. The molecule has 26 heavy (non-hydrogen) atoms. The van der Waals surface area contributed by atoms with Crippen LogP contribution in [0.25, 0.3) is 0 Å². The van der Waals surface area contributed by atoms with Crippen molar-refractivity contribution in [1.82, 2.24) is 4.90 Å². The molecule has 1 saturated heterocycles. The maximum Gasteiger partial charge on any atom is 0.394 e. The number of hydrogen-bond donors (Lipinski definition) is 1. The summed E-state index contributed by atoms with van der Waals surface area (Å²) in [6.07, 6.45) is -4.70. The minimum Gasteiger partial charge on any atom is -0.481 e. The number of nitrogens with zero attached hydrogens (tertiary/aromatic N) is 2. The molecule has 0 spiro atoms. The summed E-state index contributed by atoms with van der Waals surface area (Å²) >= 11 is 1.03. The number of carbonyl (C=O) groups is 2. The molecule has 1 aliphatic heterocycles. The number of amides is 1. The van der Waals surface area contributed by atoms with Gasteiger partial charge in [-0.2, -0.15) is 13.2 Å². The van der Waals surface area contributed by atoms with Crippen molar-refractivity contribution in [3.8, 4) is 0 Å². The minimum absolute atomic E-state index is 0.120. The summed E-state index contributed by atoms with van der Waals surface area (Å²) in [5.41, 5.74) is -0.120. The minimum atomic E-state index is -4.70. The predicted octanol–water partition coefficient (Wildman–Crippen LogP) is 2.80. The van der Waals surface area contributed by atoms with Gasteiger partial charge in [0.15, 0.2) is 0 Å². The van der Waals surface area contributed by atoms with Crippen LogP contribution in [0.5, 0.6) is 0 Å². The first-order valence-corrected chi connectivity index (χ1v) is 8.38. The molecule has 1 aromatic carbocycles. The van der Waals surface area contributed by atoms with Crippen molar-refractivity contribution in [3.05, 3.63) is 34.4 Å². The molecule has 1 unspecified atom stereocenters. The van der Waals surface area contributed by atoms with E-state index in [4.69, 9.17) is 5.11 Å². The average molecular weight is 392 g/mol. The number of nitro benzene ring substituents is 1. The summed E-state index contributed by atoms with van der Waals surface area (Å²) in [5, 5.41) is 18.8. The summed E-state index contributed by atoms with van der Waals surface area (Å²) in [4.78, 5) is 35.0. The van der Waals surface area contributed by atoms with Crippen molar-refractivity contribution in [2.75, 3.05) is 13.1 Å². The van der Waals surface area contributed by atoms with E-state index in [1.807, 2.05) is 0 Å². The second-order valence-corrected chi connectivity index (χ2v) is 7.26. The number of aliphatic carboxylic acids is 1. The van der Waals surface area contributed by atoms with Gasteiger partial charge in [0.25, 0.3) is 5.69 Å². The molecule has 1 fully saturated rings. The number of carboxylic acid groups (broad SMARTS) is 1. The lowest BCUT2D eigenvalue weighted by molar-refractivity contribution is -0.384. The number of benzene rings is 1. The molecule has 142 valence electrons. The third kappa shape index (κ3) is 4.45. The Labute approximate surface area is 150 Å². The summed E-state index contributed by atoms with van der Waals surface area (Å²) < 4.78 is 39.0. The van der Waals surface area contributed by atoms with Crippen LogP contribution < -0.4 is 0 Å². The van der Waals surface area contributed by atoms with E-state index >= 15 is 0 Å². The Morgan fingerprint density at radius 1 is 1.31 bits per heavy atom. The first kappa shape index (κ1) is 20.0. The lowest BCUT2D eigenvalue weighted by Crippen LogP contribution is -2.36. The number of carboxylic acids is 1. The monoisotopic (exact) mass is 392 g/mol. The SMILES string of the molecule is CC(Sc1ccc([N+](=O)[O-])cc1)C(=O)N1C[C@@H](C(F)(F)F)[C@H](C(=O)O)C1. The molecular formula is C15H15F3N2O5S. The van der Waals surface area contributed by atoms with Crippen LogP contribution in [0, 0.1) is 22.0 Å². The van der Waals surface area contributed by atoms with Crippen LogP contribution in [0.1, 0.15) is 6.92 Å². The molecule has 2 rings (SSSR count). The van der Waals surface area contributed by atoms with Gasteiger partial charge in [-0.3, -0.25) is 19.7 Å². The Hall–Kier alpha value is -2.30. The van der Waals surface area contributed by atoms with Crippen LogP contribution in [0.4, 0.5) is 18.9 Å². The van der Waals surface area contributed by atoms with Gasteiger partial charge in [0.2, 0.25) is 5.91 Å². The fourth-order valence-electron chi connectivity index (χ4n) is 2.72. The molecule has 1 amide bonds. The van der Waals surface area contributed by atoms with Crippen molar-refractivity contribution in [3.63, 3.8) is 0 Å². The number of rotatable bonds is 5. The molecule has 1 N–H and O–H groups in total. The quantitative estimate of drug-likeness (QED) is 0.470. The molecule has 0 aromatic heterocycles. The van der Waals surface area contributed by atoms with Gasteiger partial charge in [0, 0.05) is 30.1 Å². The van der Waals surface area contributed by atoms with E-state index in [0.29, 0.717) is 4.90 Å². The van der Waals surface area contributed by atoms with Crippen LogP contribution in [0.2, 0.25) is 0 Å². The zero-order valence-corrected chi connectivity index (χ0v) is 14.3. The van der Waals surface area contributed by atoms with Crippen LogP contribution in [0.3, 0.4) is 0 Å². The third-order valence-electron chi connectivity index (χ3n) is 4.08. The van der Waals surface area contributed by atoms with E-state index in [9.17, 15) is 32.9 Å². The number of alkyl halides is 3. The lowest BCUT2D eigenvalue weighted by Gasteiger charge is -2.21. The number of likely N-dealkylation sites (tertiary alicyclic amines) is 1. The van der Waals surface area contributed by atoms with Gasteiger partial charge in [-0.25, -0.2) is 0 Å². The fraction of sp³-hybridized carbons (Fsp3) is 0.467. The van der Waals surface area contributed by atoms with Gasteiger partial charge in [-0.15, -0.1) is 11.8 Å². The zero-order chi connectivity index (χ0) is 19.6. The van der Waals surface area contributed by atoms with Crippen LogP contribution in [-0.4, -0.2) is 51.3 Å². The Morgan fingerprint density at radius 2 is 1.88 bits per heavy atom. The molecule has 0 radical (unpaired) electrons. The summed E-state index contributed by atoms with van der Waals surface area (Å²) in [6.45, 7) is 0.305. The summed E-state index contributed by atoms with van der Waals surface area (Å²) in [6, 6.07) is 5.40. The number of halogens is 3. The number of nitro groups is 1. The molecule has 3 atom stereocenters. The van der Waals surface area contributed by atoms with Crippen molar-refractivity contribution in [2.45, 2.75) is 23.2 Å². The van der Waals surface area contributed by atoms with E-state index in [1.165, 1.54) is 31.2 Å². The molecule has 0 saturated carbocycles. The molecule has 11 heteroatoms. The van der Waals surface area contributed by atoms with E-state index < -0.39 is 53.2 Å². The van der Waals surface area contributed by atoms with Gasteiger partial charge in [-0.1, -0.05) is 0 Å². The Bertz CT molecular complexity index is 710. The lowest BCUT2D eigenvalue weighted by atomic mass is 9.96. The van der Waals surface area contributed by atoms with E-state index in [1.54, 1.807) is 0 Å². The predicted molar refractivity (Wildman–Crippen MR) is 85.7 cm³/mol. The van der Waals surface area contributed by atoms with Gasteiger partial charge < -0.3 is 10.0 Å². The molecule has 0 bridgehead atoms. The molecular weight excluding hydrogens is 377 g/mol.